The molecule has 1 amide bonds. The molecule has 2 rings (SSSR count). The Kier molecular flexibility index (Phi) is 5.70. The van der Waals surface area contributed by atoms with Crippen molar-refractivity contribution < 1.29 is 18.3 Å². The number of hydrogen-bond donors (Lipinski definition) is 0. The zero-order valence-corrected chi connectivity index (χ0v) is 14.3. The normalized spacial score (nSPS) is 10.9. The van der Waals surface area contributed by atoms with Crippen LogP contribution in [0.15, 0.2) is 34.9 Å². The van der Waals surface area contributed by atoms with Gasteiger partial charge in [-0.2, -0.15) is 13.9 Å². The largest absolute Gasteiger partial charge is 0.435 e. The Hall–Kier alpha value is -1.96. The molecule has 0 fully saturated rings. The highest BCUT2D eigenvalue weighted by atomic mass is 79.9. The van der Waals surface area contributed by atoms with Crippen LogP contribution in [0, 0.1) is 0 Å². The second-order valence-corrected chi connectivity index (χ2v) is 5.67. The van der Waals surface area contributed by atoms with E-state index in [1.165, 1.54) is 29.2 Å². The summed E-state index contributed by atoms with van der Waals surface area (Å²) in [6.45, 7) is 0.156. The third-order valence-electron chi connectivity index (χ3n) is 3.26. The summed E-state index contributed by atoms with van der Waals surface area (Å²) in [4.78, 5) is 13.9. The molecule has 1 aromatic carbocycles. The Labute approximate surface area is 141 Å². The van der Waals surface area contributed by atoms with Crippen molar-refractivity contribution in [3.8, 4) is 5.75 Å². The smallest absolute Gasteiger partial charge is 0.387 e. The van der Waals surface area contributed by atoms with E-state index in [0.29, 0.717) is 18.7 Å². The van der Waals surface area contributed by atoms with Gasteiger partial charge in [0.25, 0.3) is 5.91 Å². The molecule has 0 N–H and O–H groups in total. The lowest BCUT2D eigenvalue weighted by molar-refractivity contribution is -0.0498. The van der Waals surface area contributed by atoms with Crippen molar-refractivity contribution in [2.24, 2.45) is 0 Å². The van der Waals surface area contributed by atoms with Crippen molar-refractivity contribution in [2.45, 2.75) is 26.6 Å². The lowest BCUT2D eigenvalue weighted by Gasteiger charge is -2.18. The SMILES string of the molecule is CCn1ncc(Br)c1CN(C)C(=O)c1ccc(OC(F)F)cc1. The van der Waals surface area contributed by atoms with Crippen molar-refractivity contribution in [1.29, 1.82) is 0 Å². The number of carbonyl (C=O) groups is 1. The Morgan fingerprint density at radius 1 is 1.39 bits per heavy atom. The fraction of sp³-hybridized carbons (Fsp3) is 0.333. The summed E-state index contributed by atoms with van der Waals surface area (Å²) in [7, 11) is 1.67. The maximum atomic E-state index is 12.4. The quantitative estimate of drug-likeness (QED) is 0.761. The van der Waals surface area contributed by atoms with Gasteiger partial charge in [-0.1, -0.05) is 0 Å². The molecule has 0 radical (unpaired) electrons. The summed E-state index contributed by atoms with van der Waals surface area (Å²) in [6, 6.07) is 5.62. The summed E-state index contributed by atoms with van der Waals surface area (Å²) in [5.41, 5.74) is 1.29. The first kappa shape index (κ1) is 17.4. The molecule has 5 nitrogen and oxygen atoms in total. The predicted molar refractivity (Wildman–Crippen MR) is 84.5 cm³/mol. The molecule has 0 saturated heterocycles. The highest BCUT2D eigenvalue weighted by Gasteiger charge is 2.16. The van der Waals surface area contributed by atoms with Gasteiger partial charge in [-0.25, -0.2) is 0 Å². The molecule has 0 bridgehead atoms. The van der Waals surface area contributed by atoms with Gasteiger partial charge in [-0.15, -0.1) is 0 Å². The number of aryl methyl sites for hydroxylation is 1. The minimum absolute atomic E-state index is 0.0195. The van der Waals surface area contributed by atoms with Crippen LogP contribution in [0.25, 0.3) is 0 Å². The van der Waals surface area contributed by atoms with Crippen LogP contribution < -0.4 is 4.74 Å². The molecule has 1 heterocycles. The number of nitrogens with zero attached hydrogens (tertiary/aromatic N) is 3. The molecule has 0 atom stereocenters. The Bertz CT molecular complexity index is 674. The van der Waals surface area contributed by atoms with Crippen LogP contribution in [0.2, 0.25) is 0 Å². The van der Waals surface area contributed by atoms with Crippen LogP contribution in [0.1, 0.15) is 23.0 Å². The second kappa shape index (κ2) is 7.54. The number of alkyl halides is 2. The van der Waals surface area contributed by atoms with Gasteiger partial charge in [0.2, 0.25) is 0 Å². The summed E-state index contributed by atoms with van der Waals surface area (Å²) >= 11 is 3.42. The van der Waals surface area contributed by atoms with Gasteiger partial charge < -0.3 is 9.64 Å². The first-order valence-electron chi connectivity index (χ1n) is 6.93. The van der Waals surface area contributed by atoms with Crippen LogP contribution in [0.3, 0.4) is 0 Å². The third-order valence-corrected chi connectivity index (χ3v) is 3.92. The summed E-state index contributed by atoms with van der Waals surface area (Å²) in [5, 5.41) is 4.20. The van der Waals surface area contributed by atoms with E-state index in [4.69, 9.17) is 0 Å². The van der Waals surface area contributed by atoms with Crippen LogP contribution in [-0.4, -0.2) is 34.2 Å². The topological polar surface area (TPSA) is 47.4 Å². The van der Waals surface area contributed by atoms with Gasteiger partial charge in [0.1, 0.15) is 5.75 Å². The monoisotopic (exact) mass is 387 g/mol. The van der Waals surface area contributed by atoms with Crippen molar-refractivity contribution in [2.75, 3.05) is 7.05 Å². The molecule has 1 aromatic heterocycles. The zero-order valence-electron chi connectivity index (χ0n) is 12.7. The standard InChI is InChI=1S/C15H16BrF2N3O2/c1-3-21-13(12(16)8-19-21)9-20(2)14(22)10-4-6-11(7-5-10)23-15(17)18/h4-8,15H,3,9H2,1-2H3. The van der Waals surface area contributed by atoms with Crippen molar-refractivity contribution in [3.63, 3.8) is 0 Å². The van der Waals surface area contributed by atoms with Gasteiger partial charge in [0.15, 0.2) is 0 Å². The molecule has 0 aliphatic heterocycles. The maximum absolute atomic E-state index is 12.4. The fourth-order valence-electron chi connectivity index (χ4n) is 2.11. The number of rotatable bonds is 6. The first-order chi connectivity index (χ1) is 10.9. The number of halogens is 3. The molecule has 23 heavy (non-hydrogen) atoms. The molecular weight excluding hydrogens is 372 g/mol. The van der Waals surface area contributed by atoms with Crippen molar-refractivity contribution in [1.82, 2.24) is 14.7 Å². The Morgan fingerprint density at radius 2 is 2.04 bits per heavy atom. The lowest BCUT2D eigenvalue weighted by atomic mass is 10.2. The van der Waals surface area contributed by atoms with Gasteiger partial charge >= 0.3 is 6.61 Å². The van der Waals surface area contributed by atoms with E-state index < -0.39 is 6.61 Å². The highest BCUT2D eigenvalue weighted by molar-refractivity contribution is 9.10. The molecule has 124 valence electrons. The zero-order chi connectivity index (χ0) is 17.0. The van der Waals surface area contributed by atoms with E-state index in [9.17, 15) is 13.6 Å². The second-order valence-electron chi connectivity index (χ2n) is 4.82. The number of ether oxygens (including phenoxy) is 1. The van der Waals surface area contributed by atoms with Gasteiger partial charge in [-0.3, -0.25) is 9.48 Å². The van der Waals surface area contributed by atoms with Crippen LogP contribution >= 0.6 is 15.9 Å². The Balaban J connectivity index is 2.08. The number of aromatic nitrogens is 2. The van der Waals surface area contributed by atoms with Gasteiger partial charge in [0, 0.05) is 19.2 Å². The van der Waals surface area contributed by atoms with E-state index in [1.807, 2.05) is 6.92 Å². The summed E-state index contributed by atoms with van der Waals surface area (Å²) in [5.74, 6) is -0.199. The van der Waals surface area contributed by atoms with Gasteiger partial charge in [0.05, 0.1) is 22.9 Å². The molecule has 0 saturated carbocycles. The molecule has 8 heteroatoms. The molecule has 0 aliphatic rings. The van der Waals surface area contributed by atoms with E-state index in [0.717, 1.165) is 10.2 Å². The van der Waals surface area contributed by atoms with E-state index in [1.54, 1.807) is 17.9 Å². The average Bonchev–Trinajstić information content (AvgIpc) is 2.87. The average molecular weight is 388 g/mol. The van der Waals surface area contributed by atoms with Crippen LogP contribution in [0.5, 0.6) is 5.75 Å². The molecule has 2 aromatic rings. The van der Waals surface area contributed by atoms with Crippen molar-refractivity contribution in [3.05, 3.63) is 46.2 Å². The highest BCUT2D eigenvalue weighted by Crippen LogP contribution is 2.20. The number of amides is 1. The summed E-state index contributed by atoms with van der Waals surface area (Å²) in [6.07, 6.45) is 1.69. The molecule has 0 unspecified atom stereocenters. The lowest BCUT2D eigenvalue weighted by Crippen LogP contribution is -2.27. The summed E-state index contributed by atoms with van der Waals surface area (Å²) < 4.78 is 31.1. The van der Waals surface area contributed by atoms with E-state index in [-0.39, 0.29) is 11.7 Å². The number of hydrogen-bond acceptors (Lipinski definition) is 3. The van der Waals surface area contributed by atoms with Gasteiger partial charge in [-0.05, 0) is 47.1 Å². The fourth-order valence-corrected chi connectivity index (χ4v) is 2.53. The minimum Gasteiger partial charge on any atom is -0.435 e. The van der Waals surface area contributed by atoms with E-state index in [2.05, 4.69) is 25.8 Å². The number of benzene rings is 1. The molecular formula is C15H16BrF2N3O2. The third kappa shape index (κ3) is 4.28. The predicted octanol–water partition coefficient (Wildman–Crippen LogP) is 3.54. The Morgan fingerprint density at radius 3 is 2.61 bits per heavy atom. The first-order valence-corrected chi connectivity index (χ1v) is 7.72. The number of carbonyl (C=O) groups excluding carboxylic acids is 1. The minimum atomic E-state index is -2.88. The van der Waals surface area contributed by atoms with E-state index >= 15 is 0 Å². The maximum Gasteiger partial charge on any atom is 0.387 e. The molecule has 0 aliphatic carbocycles. The van der Waals surface area contributed by atoms with Crippen LogP contribution in [-0.2, 0) is 13.1 Å². The van der Waals surface area contributed by atoms with Crippen molar-refractivity contribution >= 4 is 21.8 Å². The van der Waals surface area contributed by atoms with Crippen LogP contribution in [0.4, 0.5) is 8.78 Å². The molecule has 0 spiro atoms.